The van der Waals surface area contributed by atoms with Crippen molar-refractivity contribution in [2.75, 3.05) is 0 Å². The number of alkyl halides is 2. The summed E-state index contributed by atoms with van der Waals surface area (Å²) in [5.41, 5.74) is 7.26. The highest BCUT2D eigenvalue weighted by atomic mass is 19.3. The van der Waals surface area contributed by atoms with Crippen molar-refractivity contribution in [1.29, 1.82) is 5.26 Å². The normalized spacial score (nSPS) is 11.3. The van der Waals surface area contributed by atoms with Crippen LogP contribution in [0.2, 0.25) is 0 Å². The molecule has 0 aliphatic rings. The summed E-state index contributed by atoms with van der Waals surface area (Å²) < 4.78 is 30.6. The van der Waals surface area contributed by atoms with E-state index in [0.717, 1.165) is 5.69 Å². The predicted octanol–water partition coefficient (Wildman–Crippen LogP) is 3.53. The number of rotatable bonds is 6. The van der Waals surface area contributed by atoms with Crippen molar-refractivity contribution in [3.63, 3.8) is 0 Å². The van der Waals surface area contributed by atoms with Crippen LogP contribution in [0.1, 0.15) is 5.56 Å². The highest BCUT2D eigenvalue weighted by Crippen LogP contribution is 2.28. The zero-order valence-corrected chi connectivity index (χ0v) is 14.4. The van der Waals surface area contributed by atoms with Crippen LogP contribution in [-0.4, -0.2) is 22.3 Å². The van der Waals surface area contributed by atoms with E-state index in [1.165, 1.54) is 18.2 Å². The summed E-state index contributed by atoms with van der Waals surface area (Å²) in [4.78, 5) is 11.4. The maximum atomic E-state index is 12.3. The van der Waals surface area contributed by atoms with Crippen LogP contribution < -0.4 is 10.5 Å². The van der Waals surface area contributed by atoms with E-state index in [-0.39, 0.29) is 11.3 Å². The second-order valence-electron chi connectivity index (χ2n) is 5.65. The lowest BCUT2D eigenvalue weighted by Gasteiger charge is -2.05. The highest BCUT2D eigenvalue weighted by molar-refractivity contribution is 6.01. The van der Waals surface area contributed by atoms with Gasteiger partial charge in [-0.25, -0.2) is 4.68 Å². The number of hydrogen-bond acceptors (Lipinski definition) is 4. The maximum absolute atomic E-state index is 12.3. The smallest absolute Gasteiger partial charge is 0.387 e. The van der Waals surface area contributed by atoms with Gasteiger partial charge in [-0.05, 0) is 42.5 Å². The molecule has 1 aromatic heterocycles. The van der Waals surface area contributed by atoms with Crippen LogP contribution in [0.15, 0.2) is 66.4 Å². The van der Waals surface area contributed by atoms with E-state index in [1.807, 2.05) is 30.3 Å². The molecule has 3 aromatic rings. The first-order valence-electron chi connectivity index (χ1n) is 8.10. The molecule has 140 valence electrons. The molecule has 2 N–H and O–H groups in total. The van der Waals surface area contributed by atoms with Gasteiger partial charge in [0, 0.05) is 17.3 Å². The topological polar surface area (TPSA) is 93.9 Å². The fourth-order valence-corrected chi connectivity index (χ4v) is 2.54. The lowest BCUT2D eigenvalue weighted by molar-refractivity contribution is -0.114. The van der Waals surface area contributed by atoms with Crippen LogP contribution in [0.5, 0.6) is 5.75 Å². The molecule has 0 saturated heterocycles. The van der Waals surface area contributed by atoms with E-state index in [1.54, 1.807) is 29.1 Å². The Morgan fingerprint density at radius 2 is 1.86 bits per heavy atom. The molecule has 0 saturated carbocycles. The van der Waals surface area contributed by atoms with Crippen molar-refractivity contribution in [1.82, 2.24) is 9.78 Å². The Hall–Kier alpha value is -3.99. The highest BCUT2D eigenvalue weighted by Gasteiger charge is 2.14. The fraction of sp³-hybridized carbons (Fsp3) is 0.0500. The molecule has 1 heterocycles. The molecular formula is C20H14F2N4O2. The monoisotopic (exact) mass is 380 g/mol. The number of halogens is 2. The minimum Gasteiger partial charge on any atom is -0.435 e. The van der Waals surface area contributed by atoms with Crippen molar-refractivity contribution >= 4 is 12.0 Å². The Bertz CT molecular complexity index is 1050. The molecule has 0 spiro atoms. The number of aromatic nitrogens is 2. The number of carbonyl (C=O) groups excluding carboxylic acids is 1. The Labute approximate surface area is 159 Å². The number of nitrogens with zero attached hydrogens (tertiary/aromatic N) is 3. The number of nitrogens with two attached hydrogens (primary N) is 1. The first-order valence-corrected chi connectivity index (χ1v) is 8.10. The van der Waals surface area contributed by atoms with Gasteiger partial charge >= 0.3 is 6.61 Å². The molecule has 0 bridgehead atoms. The molecule has 2 aromatic carbocycles. The third-order valence-corrected chi connectivity index (χ3v) is 3.80. The van der Waals surface area contributed by atoms with Crippen LogP contribution in [-0.2, 0) is 4.79 Å². The Kier molecular flexibility index (Phi) is 5.46. The van der Waals surface area contributed by atoms with E-state index in [2.05, 4.69) is 9.84 Å². The van der Waals surface area contributed by atoms with Crippen LogP contribution >= 0.6 is 0 Å². The van der Waals surface area contributed by atoms with Crippen molar-refractivity contribution < 1.29 is 18.3 Å². The third kappa shape index (κ3) is 4.22. The van der Waals surface area contributed by atoms with Gasteiger partial charge in [-0.15, -0.1) is 0 Å². The van der Waals surface area contributed by atoms with Crippen molar-refractivity contribution in [2.24, 2.45) is 5.73 Å². The molecule has 28 heavy (non-hydrogen) atoms. The average molecular weight is 380 g/mol. The third-order valence-electron chi connectivity index (χ3n) is 3.80. The molecule has 3 rings (SSSR count). The largest absolute Gasteiger partial charge is 0.435 e. The number of amides is 1. The molecule has 0 fully saturated rings. The summed E-state index contributed by atoms with van der Waals surface area (Å²) in [6, 6.07) is 16.9. The Balaban J connectivity index is 2.09. The molecule has 0 unspecified atom stereocenters. The predicted molar refractivity (Wildman–Crippen MR) is 98.4 cm³/mol. The van der Waals surface area contributed by atoms with Gasteiger partial charge in [0.05, 0.1) is 11.4 Å². The molecule has 0 aliphatic carbocycles. The number of primary amides is 1. The molecule has 0 aliphatic heterocycles. The van der Waals surface area contributed by atoms with Crippen molar-refractivity contribution in [2.45, 2.75) is 6.61 Å². The average Bonchev–Trinajstić information content (AvgIpc) is 3.10. The summed E-state index contributed by atoms with van der Waals surface area (Å²) in [6.07, 6.45) is 2.99. The summed E-state index contributed by atoms with van der Waals surface area (Å²) in [5, 5.41) is 13.6. The van der Waals surface area contributed by atoms with E-state index in [0.29, 0.717) is 16.8 Å². The molecular weight excluding hydrogens is 366 g/mol. The fourth-order valence-electron chi connectivity index (χ4n) is 2.54. The SMILES string of the molecule is N#C/C(=C/c1cn(-c2ccccc2)nc1-c1ccc(OC(F)F)cc1)C(N)=O. The zero-order chi connectivity index (χ0) is 20.1. The van der Waals surface area contributed by atoms with Crippen LogP contribution in [0, 0.1) is 11.3 Å². The number of benzene rings is 2. The second-order valence-corrected chi connectivity index (χ2v) is 5.65. The summed E-state index contributed by atoms with van der Waals surface area (Å²) >= 11 is 0. The number of hydrogen-bond donors (Lipinski definition) is 1. The number of para-hydroxylation sites is 1. The molecule has 1 amide bonds. The van der Waals surface area contributed by atoms with E-state index < -0.39 is 12.5 Å². The first kappa shape index (κ1) is 18.8. The van der Waals surface area contributed by atoms with E-state index >= 15 is 0 Å². The lowest BCUT2D eigenvalue weighted by atomic mass is 10.1. The molecule has 0 radical (unpaired) electrons. The van der Waals surface area contributed by atoms with E-state index in [9.17, 15) is 13.6 Å². The maximum Gasteiger partial charge on any atom is 0.387 e. The molecule has 0 atom stereocenters. The van der Waals surface area contributed by atoms with Gasteiger partial charge in [0.2, 0.25) is 0 Å². The number of carbonyl (C=O) groups is 1. The van der Waals surface area contributed by atoms with Gasteiger partial charge in [0.25, 0.3) is 5.91 Å². The zero-order valence-electron chi connectivity index (χ0n) is 14.4. The quantitative estimate of drug-likeness (QED) is 0.523. The lowest BCUT2D eigenvalue weighted by Crippen LogP contribution is -2.12. The number of nitriles is 1. The standard InChI is InChI=1S/C20H14F2N4O2/c21-20(22)28-17-8-6-13(7-9-17)18-15(10-14(11-23)19(24)27)12-26(25-18)16-4-2-1-3-5-16/h1-10,12,20H,(H2,24,27)/b14-10-. The van der Waals surface area contributed by atoms with Crippen molar-refractivity contribution in [3.05, 3.63) is 71.9 Å². The van der Waals surface area contributed by atoms with Crippen LogP contribution in [0.25, 0.3) is 23.0 Å². The second kappa shape index (κ2) is 8.14. The van der Waals surface area contributed by atoms with Crippen molar-refractivity contribution in [3.8, 4) is 28.8 Å². The molecule has 6 nitrogen and oxygen atoms in total. The summed E-state index contributed by atoms with van der Waals surface area (Å²) in [5.74, 6) is -0.852. The van der Waals surface area contributed by atoms with Crippen LogP contribution in [0.4, 0.5) is 8.78 Å². The minimum absolute atomic E-state index is 0.00758. The van der Waals surface area contributed by atoms with Gasteiger partial charge in [-0.3, -0.25) is 4.79 Å². The summed E-state index contributed by atoms with van der Waals surface area (Å²) in [6.45, 7) is -2.92. The summed E-state index contributed by atoms with van der Waals surface area (Å²) in [7, 11) is 0. The van der Waals surface area contributed by atoms with E-state index in [4.69, 9.17) is 11.0 Å². The minimum atomic E-state index is -2.92. The van der Waals surface area contributed by atoms with Gasteiger partial charge < -0.3 is 10.5 Å². The van der Waals surface area contributed by atoms with Crippen LogP contribution in [0.3, 0.4) is 0 Å². The van der Waals surface area contributed by atoms with Gasteiger partial charge in [0.1, 0.15) is 17.4 Å². The molecule has 8 heteroatoms. The van der Waals surface area contributed by atoms with Gasteiger partial charge in [0.15, 0.2) is 0 Å². The first-order chi connectivity index (χ1) is 13.5. The van der Waals surface area contributed by atoms with Gasteiger partial charge in [-0.2, -0.15) is 19.1 Å². The Morgan fingerprint density at radius 3 is 2.43 bits per heavy atom. The van der Waals surface area contributed by atoms with Gasteiger partial charge in [-0.1, -0.05) is 18.2 Å². The Morgan fingerprint density at radius 1 is 1.18 bits per heavy atom. The number of ether oxygens (including phenoxy) is 1.